The Morgan fingerprint density at radius 3 is 2.43 bits per heavy atom. The van der Waals surface area contributed by atoms with Crippen molar-refractivity contribution in [3.63, 3.8) is 0 Å². The van der Waals surface area contributed by atoms with E-state index in [1.807, 2.05) is 13.0 Å². The van der Waals surface area contributed by atoms with Gasteiger partial charge in [0.15, 0.2) is 0 Å². The van der Waals surface area contributed by atoms with Crippen LogP contribution in [-0.2, 0) is 6.54 Å². The Morgan fingerprint density at radius 1 is 1.13 bits per heavy atom. The van der Waals surface area contributed by atoms with Crippen LogP contribution in [0.15, 0.2) is 42.5 Å². The van der Waals surface area contributed by atoms with Crippen molar-refractivity contribution in [2.24, 2.45) is 0 Å². The monoisotopic (exact) mass is 417 g/mol. The number of para-hydroxylation sites is 1. The van der Waals surface area contributed by atoms with E-state index >= 15 is 0 Å². The topological polar surface area (TPSA) is 61.9 Å². The second-order valence-electron chi connectivity index (χ2n) is 7.31. The number of urea groups is 1. The van der Waals surface area contributed by atoms with Crippen LogP contribution in [0.4, 0.5) is 19.3 Å². The van der Waals surface area contributed by atoms with Gasteiger partial charge in [-0.3, -0.25) is 4.79 Å². The van der Waals surface area contributed by atoms with Crippen molar-refractivity contribution in [2.75, 3.05) is 25.5 Å². The number of anilines is 1. The molecule has 2 aromatic rings. The van der Waals surface area contributed by atoms with Gasteiger partial charge in [0.2, 0.25) is 0 Å². The Balaban J connectivity index is 1.68. The standard InChI is InChI=1S/C22H25F2N3O3/c1-15-6-5-7-18(20(28)27-12-3-4-13-27)19(15)25-22(29)26(2)14-16-8-10-17(11-9-16)30-21(23)24/h5-11,21H,3-4,12-14H2,1-2H3,(H,25,29). The summed E-state index contributed by atoms with van der Waals surface area (Å²) in [4.78, 5) is 28.9. The van der Waals surface area contributed by atoms with Gasteiger partial charge < -0.3 is 19.9 Å². The first-order valence-corrected chi connectivity index (χ1v) is 9.80. The molecule has 0 aromatic heterocycles. The Kier molecular flexibility index (Phi) is 6.87. The van der Waals surface area contributed by atoms with E-state index in [1.165, 1.54) is 17.0 Å². The third-order valence-corrected chi connectivity index (χ3v) is 5.04. The quantitative estimate of drug-likeness (QED) is 0.753. The zero-order valence-corrected chi connectivity index (χ0v) is 17.0. The smallest absolute Gasteiger partial charge is 0.387 e. The van der Waals surface area contributed by atoms with Gasteiger partial charge in [-0.15, -0.1) is 0 Å². The van der Waals surface area contributed by atoms with Crippen LogP contribution < -0.4 is 10.1 Å². The third-order valence-electron chi connectivity index (χ3n) is 5.04. The lowest BCUT2D eigenvalue weighted by atomic mass is 10.1. The van der Waals surface area contributed by atoms with Crippen molar-refractivity contribution in [2.45, 2.75) is 32.9 Å². The number of benzene rings is 2. The highest BCUT2D eigenvalue weighted by atomic mass is 19.3. The van der Waals surface area contributed by atoms with Gasteiger partial charge in [0, 0.05) is 26.7 Å². The molecule has 1 saturated heterocycles. The second kappa shape index (κ2) is 9.56. The molecule has 6 nitrogen and oxygen atoms in total. The van der Waals surface area contributed by atoms with Crippen LogP contribution in [0.5, 0.6) is 5.75 Å². The number of rotatable bonds is 6. The van der Waals surface area contributed by atoms with E-state index < -0.39 is 6.61 Å². The minimum absolute atomic E-state index is 0.0610. The maximum Gasteiger partial charge on any atom is 0.387 e. The molecule has 0 bridgehead atoms. The van der Waals surface area contributed by atoms with Gasteiger partial charge in [0.05, 0.1) is 11.3 Å². The lowest BCUT2D eigenvalue weighted by molar-refractivity contribution is -0.0498. The van der Waals surface area contributed by atoms with Crippen molar-refractivity contribution < 1.29 is 23.1 Å². The molecule has 8 heteroatoms. The molecule has 3 amide bonds. The summed E-state index contributed by atoms with van der Waals surface area (Å²) in [5.74, 6) is -0.0189. The largest absolute Gasteiger partial charge is 0.435 e. The first-order valence-electron chi connectivity index (χ1n) is 9.80. The molecule has 0 unspecified atom stereocenters. The number of amides is 3. The van der Waals surface area contributed by atoms with Gasteiger partial charge in [-0.25, -0.2) is 4.79 Å². The molecule has 1 aliphatic heterocycles. The van der Waals surface area contributed by atoms with Crippen molar-refractivity contribution in [3.05, 3.63) is 59.2 Å². The maximum absolute atomic E-state index is 12.9. The number of carbonyl (C=O) groups excluding carboxylic acids is 2. The van der Waals surface area contributed by atoms with E-state index in [4.69, 9.17) is 0 Å². The molecule has 0 atom stereocenters. The van der Waals surface area contributed by atoms with E-state index in [2.05, 4.69) is 10.1 Å². The number of alkyl halides is 2. The van der Waals surface area contributed by atoms with Crippen LogP contribution in [0.2, 0.25) is 0 Å². The maximum atomic E-state index is 12.9. The van der Waals surface area contributed by atoms with Crippen molar-refractivity contribution in [3.8, 4) is 5.75 Å². The number of hydrogen-bond acceptors (Lipinski definition) is 3. The average molecular weight is 417 g/mol. The molecule has 1 aliphatic rings. The Bertz CT molecular complexity index is 897. The number of likely N-dealkylation sites (tertiary alicyclic amines) is 1. The average Bonchev–Trinajstić information content (AvgIpc) is 3.25. The predicted octanol–water partition coefficient (Wildman–Crippen LogP) is 4.50. The lowest BCUT2D eigenvalue weighted by Crippen LogP contribution is -2.33. The number of carbonyl (C=O) groups is 2. The fraction of sp³-hybridized carbons (Fsp3) is 0.364. The number of halogens is 2. The SMILES string of the molecule is Cc1cccc(C(=O)N2CCCC2)c1NC(=O)N(C)Cc1ccc(OC(F)F)cc1. The molecule has 1 heterocycles. The van der Waals surface area contributed by atoms with Crippen LogP contribution in [0.3, 0.4) is 0 Å². The molecule has 0 aliphatic carbocycles. The zero-order chi connectivity index (χ0) is 21.7. The predicted molar refractivity (Wildman–Crippen MR) is 110 cm³/mol. The van der Waals surface area contributed by atoms with Crippen LogP contribution in [0.25, 0.3) is 0 Å². The molecule has 2 aromatic carbocycles. The molecule has 0 spiro atoms. The minimum Gasteiger partial charge on any atom is -0.435 e. The molecule has 30 heavy (non-hydrogen) atoms. The van der Waals surface area contributed by atoms with Crippen LogP contribution >= 0.6 is 0 Å². The highest BCUT2D eigenvalue weighted by Crippen LogP contribution is 2.24. The Hall–Kier alpha value is -3.16. The number of ether oxygens (including phenoxy) is 1. The van der Waals surface area contributed by atoms with Gasteiger partial charge in [-0.05, 0) is 49.1 Å². The normalized spacial score (nSPS) is 13.4. The van der Waals surface area contributed by atoms with Crippen LogP contribution in [0.1, 0.15) is 34.3 Å². The van der Waals surface area contributed by atoms with E-state index in [1.54, 1.807) is 36.2 Å². The van der Waals surface area contributed by atoms with Crippen LogP contribution in [-0.4, -0.2) is 48.5 Å². The molecule has 1 fully saturated rings. The summed E-state index contributed by atoms with van der Waals surface area (Å²) >= 11 is 0. The summed E-state index contributed by atoms with van der Waals surface area (Å²) in [5.41, 5.74) is 2.54. The van der Waals surface area contributed by atoms with Crippen molar-refractivity contribution in [1.82, 2.24) is 9.80 Å². The summed E-state index contributed by atoms with van der Waals surface area (Å²) in [7, 11) is 1.62. The highest BCUT2D eigenvalue weighted by Gasteiger charge is 2.24. The number of nitrogens with zero attached hydrogens (tertiary/aromatic N) is 2. The van der Waals surface area contributed by atoms with Crippen molar-refractivity contribution >= 4 is 17.6 Å². The molecular weight excluding hydrogens is 392 g/mol. The Labute approximate surface area is 174 Å². The first kappa shape index (κ1) is 21.5. The van der Waals surface area contributed by atoms with Gasteiger partial charge in [-0.2, -0.15) is 8.78 Å². The van der Waals surface area contributed by atoms with Crippen molar-refractivity contribution in [1.29, 1.82) is 0 Å². The third kappa shape index (κ3) is 5.25. The lowest BCUT2D eigenvalue weighted by Gasteiger charge is -2.22. The number of nitrogens with one attached hydrogen (secondary N) is 1. The minimum atomic E-state index is -2.88. The van der Waals surface area contributed by atoms with E-state index in [0.717, 1.165) is 37.1 Å². The second-order valence-corrected chi connectivity index (χ2v) is 7.31. The molecular formula is C22H25F2N3O3. The van der Waals surface area contributed by atoms with Gasteiger partial charge in [-0.1, -0.05) is 24.3 Å². The van der Waals surface area contributed by atoms with Crippen LogP contribution in [0, 0.1) is 6.92 Å². The summed E-state index contributed by atoms with van der Waals surface area (Å²) < 4.78 is 28.8. The highest BCUT2D eigenvalue weighted by molar-refractivity contribution is 6.04. The van der Waals surface area contributed by atoms with E-state index in [0.29, 0.717) is 11.3 Å². The van der Waals surface area contributed by atoms with Gasteiger partial charge >= 0.3 is 12.6 Å². The molecule has 3 rings (SSSR count). The molecule has 0 saturated carbocycles. The number of aryl methyl sites for hydroxylation is 1. The summed E-state index contributed by atoms with van der Waals surface area (Å²) in [6, 6.07) is 11.1. The van der Waals surface area contributed by atoms with Gasteiger partial charge in [0.25, 0.3) is 5.91 Å². The fourth-order valence-corrected chi connectivity index (χ4v) is 3.43. The summed E-state index contributed by atoms with van der Waals surface area (Å²) in [5, 5.41) is 2.86. The zero-order valence-electron chi connectivity index (χ0n) is 17.0. The molecule has 1 N–H and O–H groups in total. The Morgan fingerprint density at radius 2 is 1.80 bits per heavy atom. The number of hydrogen-bond donors (Lipinski definition) is 1. The fourth-order valence-electron chi connectivity index (χ4n) is 3.43. The summed E-state index contributed by atoms with van der Waals surface area (Å²) in [6.45, 7) is 0.688. The first-order chi connectivity index (χ1) is 14.3. The van der Waals surface area contributed by atoms with E-state index in [-0.39, 0.29) is 24.2 Å². The van der Waals surface area contributed by atoms with Gasteiger partial charge in [0.1, 0.15) is 5.75 Å². The summed E-state index contributed by atoms with van der Waals surface area (Å²) in [6.07, 6.45) is 1.98. The molecule has 160 valence electrons. The molecule has 0 radical (unpaired) electrons. The van der Waals surface area contributed by atoms with E-state index in [9.17, 15) is 18.4 Å².